The second-order valence-corrected chi connectivity index (χ2v) is 8.15. The predicted molar refractivity (Wildman–Crippen MR) is 134 cm³/mol. The first-order valence-corrected chi connectivity index (χ1v) is 12.2. The Kier molecular flexibility index (Phi) is 9.14. The van der Waals surface area contributed by atoms with Crippen molar-refractivity contribution in [1.82, 2.24) is 0 Å². The van der Waals surface area contributed by atoms with Gasteiger partial charge in [0.2, 0.25) is 0 Å². The minimum atomic E-state index is -0.739. The zero-order valence-electron chi connectivity index (χ0n) is 20.6. The second kappa shape index (κ2) is 12.3. The van der Waals surface area contributed by atoms with Crippen LogP contribution in [0.25, 0.3) is 21.5 Å². The molecule has 0 unspecified atom stereocenters. The maximum Gasteiger partial charge on any atom is 0.513 e. The number of ether oxygens (including phenoxy) is 4. The van der Waals surface area contributed by atoms with Crippen LogP contribution >= 0.6 is 0 Å². The molecule has 0 aliphatic heterocycles. The first-order valence-electron chi connectivity index (χ1n) is 12.2. The van der Waals surface area contributed by atoms with Crippen molar-refractivity contribution in [2.75, 3.05) is 13.2 Å². The standard InChI is InChI=1S/C28H34O6/c1-5-9-17-31-27(29)33-25-21-15-11-14-20(8-4)24(21)26(34-28(30)32-18-10-6-2)22-16-12-13-19(7-3)23(22)25/h11-16H,5-10,17-18H2,1-4H3. The molecule has 0 saturated heterocycles. The number of hydrogen-bond donors (Lipinski definition) is 0. The predicted octanol–water partition coefficient (Wildman–Crippen LogP) is 7.75. The van der Waals surface area contributed by atoms with Crippen molar-refractivity contribution in [3.8, 4) is 11.5 Å². The summed E-state index contributed by atoms with van der Waals surface area (Å²) in [6, 6.07) is 11.6. The summed E-state index contributed by atoms with van der Waals surface area (Å²) in [4.78, 5) is 25.2. The van der Waals surface area contributed by atoms with E-state index in [1.54, 1.807) is 0 Å². The molecular weight excluding hydrogens is 432 g/mol. The maximum atomic E-state index is 12.6. The fourth-order valence-electron chi connectivity index (χ4n) is 4.01. The van der Waals surface area contributed by atoms with E-state index in [1.807, 2.05) is 64.1 Å². The van der Waals surface area contributed by atoms with Gasteiger partial charge in [-0.15, -0.1) is 0 Å². The van der Waals surface area contributed by atoms with E-state index in [-0.39, 0.29) is 0 Å². The maximum absolute atomic E-state index is 12.6. The van der Waals surface area contributed by atoms with Crippen molar-refractivity contribution in [1.29, 1.82) is 0 Å². The second-order valence-electron chi connectivity index (χ2n) is 8.15. The SMILES string of the molecule is CCCCOC(=O)Oc1c2cccc(CC)c2c(OC(=O)OCCCC)c2cccc(CC)c12. The van der Waals surface area contributed by atoms with E-state index in [0.29, 0.717) is 48.3 Å². The molecule has 3 aromatic rings. The fourth-order valence-corrected chi connectivity index (χ4v) is 4.01. The molecule has 0 atom stereocenters. The molecular formula is C28H34O6. The molecule has 0 fully saturated rings. The lowest BCUT2D eigenvalue weighted by atomic mass is 9.93. The molecule has 0 aromatic heterocycles. The largest absolute Gasteiger partial charge is 0.513 e. The molecule has 0 radical (unpaired) electrons. The molecule has 3 rings (SSSR count). The van der Waals surface area contributed by atoms with Crippen LogP contribution in [0, 0.1) is 0 Å². The highest BCUT2D eigenvalue weighted by Crippen LogP contribution is 2.46. The molecule has 0 aliphatic carbocycles. The summed E-state index contributed by atoms with van der Waals surface area (Å²) in [6.45, 7) is 8.73. The Bertz CT molecular complexity index is 1060. The molecule has 0 bridgehead atoms. The zero-order chi connectivity index (χ0) is 24.5. The Labute approximate surface area is 201 Å². The fraction of sp³-hybridized carbons (Fsp3) is 0.429. The Hall–Kier alpha value is -3.28. The molecule has 0 saturated carbocycles. The Morgan fingerprint density at radius 1 is 0.647 bits per heavy atom. The Morgan fingerprint density at radius 3 is 1.41 bits per heavy atom. The summed E-state index contributed by atoms with van der Waals surface area (Å²) >= 11 is 0. The van der Waals surface area contributed by atoms with Crippen molar-refractivity contribution < 1.29 is 28.5 Å². The minimum Gasteiger partial charge on any atom is -0.434 e. The van der Waals surface area contributed by atoms with Gasteiger partial charge in [0.25, 0.3) is 0 Å². The van der Waals surface area contributed by atoms with E-state index in [2.05, 4.69) is 0 Å². The Morgan fingerprint density at radius 2 is 1.06 bits per heavy atom. The highest BCUT2D eigenvalue weighted by atomic mass is 16.7. The molecule has 6 nitrogen and oxygen atoms in total. The highest BCUT2D eigenvalue weighted by Gasteiger charge is 2.24. The van der Waals surface area contributed by atoms with Crippen LogP contribution in [0.3, 0.4) is 0 Å². The number of hydrogen-bond acceptors (Lipinski definition) is 6. The van der Waals surface area contributed by atoms with Gasteiger partial charge in [0, 0.05) is 21.5 Å². The molecule has 0 aliphatic rings. The third kappa shape index (κ3) is 5.61. The lowest BCUT2D eigenvalue weighted by Gasteiger charge is -2.19. The van der Waals surface area contributed by atoms with Crippen LogP contribution in [0.1, 0.15) is 64.5 Å². The molecule has 0 amide bonds. The lowest BCUT2D eigenvalue weighted by Crippen LogP contribution is -2.14. The third-order valence-corrected chi connectivity index (χ3v) is 5.81. The number of aryl methyl sites for hydroxylation is 2. The molecule has 0 spiro atoms. The summed E-state index contributed by atoms with van der Waals surface area (Å²) in [6.07, 6.45) is 3.30. The number of fused-ring (bicyclic) bond motifs is 2. The molecule has 0 heterocycles. The molecule has 182 valence electrons. The summed E-state index contributed by atoms with van der Waals surface area (Å²) in [7, 11) is 0. The first-order chi connectivity index (χ1) is 16.5. The van der Waals surface area contributed by atoms with Gasteiger partial charge in [-0.1, -0.05) is 76.9 Å². The van der Waals surface area contributed by atoms with Crippen molar-refractivity contribution >= 4 is 33.9 Å². The van der Waals surface area contributed by atoms with Crippen LogP contribution < -0.4 is 9.47 Å². The van der Waals surface area contributed by atoms with Gasteiger partial charge in [0.15, 0.2) is 11.5 Å². The van der Waals surface area contributed by atoms with Crippen LogP contribution in [-0.4, -0.2) is 25.5 Å². The molecule has 6 heteroatoms. The van der Waals surface area contributed by atoms with Crippen molar-refractivity contribution in [3.05, 3.63) is 47.5 Å². The van der Waals surface area contributed by atoms with Gasteiger partial charge < -0.3 is 18.9 Å². The molecule has 0 N–H and O–H groups in total. The van der Waals surface area contributed by atoms with E-state index in [1.165, 1.54) is 0 Å². The highest BCUT2D eigenvalue weighted by molar-refractivity contribution is 6.14. The first kappa shape index (κ1) is 25.3. The summed E-state index contributed by atoms with van der Waals surface area (Å²) in [5, 5.41) is 2.84. The normalized spacial score (nSPS) is 10.9. The van der Waals surface area contributed by atoms with Crippen molar-refractivity contribution in [2.45, 2.75) is 66.2 Å². The summed E-state index contributed by atoms with van der Waals surface area (Å²) < 4.78 is 22.3. The monoisotopic (exact) mass is 466 g/mol. The van der Waals surface area contributed by atoms with Crippen LogP contribution in [0.2, 0.25) is 0 Å². The summed E-state index contributed by atoms with van der Waals surface area (Å²) in [5.74, 6) is 0.844. The van der Waals surface area contributed by atoms with Crippen molar-refractivity contribution in [3.63, 3.8) is 0 Å². The topological polar surface area (TPSA) is 71.1 Å². The van der Waals surface area contributed by atoms with E-state index >= 15 is 0 Å². The smallest absolute Gasteiger partial charge is 0.434 e. The lowest BCUT2D eigenvalue weighted by molar-refractivity contribution is 0.0970. The number of carbonyl (C=O) groups is 2. The number of benzene rings is 3. The summed E-state index contributed by atoms with van der Waals surface area (Å²) in [5.41, 5.74) is 1.95. The zero-order valence-corrected chi connectivity index (χ0v) is 20.6. The van der Waals surface area contributed by atoms with Crippen LogP contribution in [-0.2, 0) is 22.3 Å². The van der Waals surface area contributed by atoms with E-state index in [9.17, 15) is 9.59 Å². The van der Waals surface area contributed by atoms with Gasteiger partial charge in [-0.2, -0.15) is 0 Å². The third-order valence-electron chi connectivity index (χ3n) is 5.81. The van der Waals surface area contributed by atoms with Crippen LogP contribution in [0.5, 0.6) is 11.5 Å². The number of rotatable bonds is 10. The quantitative estimate of drug-likeness (QED) is 0.132. The average molecular weight is 467 g/mol. The average Bonchev–Trinajstić information content (AvgIpc) is 2.85. The van der Waals surface area contributed by atoms with Crippen molar-refractivity contribution in [2.24, 2.45) is 0 Å². The van der Waals surface area contributed by atoms with Gasteiger partial charge in [-0.25, -0.2) is 9.59 Å². The van der Waals surface area contributed by atoms with Crippen LogP contribution in [0.15, 0.2) is 36.4 Å². The minimum absolute atomic E-state index is 0.302. The number of carbonyl (C=O) groups excluding carboxylic acids is 2. The van der Waals surface area contributed by atoms with Gasteiger partial charge in [-0.05, 0) is 36.8 Å². The molecule has 34 heavy (non-hydrogen) atoms. The van der Waals surface area contributed by atoms with Gasteiger partial charge in [-0.3, -0.25) is 0 Å². The van der Waals surface area contributed by atoms with Gasteiger partial charge in [0.1, 0.15) is 0 Å². The molecule has 3 aromatic carbocycles. The van der Waals surface area contributed by atoms with E-state index in [0.717, 1.165) is 47.6 Å². The van der Waals surface area contributed by atoms with Gasteiger partial charge in [0.05, 0.1) is 13.2 Å². The van der Waals surface area contributed by atoms with E-state index < -0.39 is 12.3 Å². The van der Waals surface area contributed by atoms with Gasteiger partial charge >= 0.3 is 12.3 Å². The van der Waals surface area contributed by atoms with Crippen LogP contribution in [0.4, 0.5) is 9.59 Å². The number of unbranched alkanes of at least 4 members (excludes halogenated alkanes) is 2. The Balaban J connectivity index is 2.23. The van der Waals surface area contributed by atoms with E-state index in [4.69, 9.17) is 18.9 Å².